The molecule has 2 heterocycles. The number of nitrogens with zero attached hydrogens (tertiary/aromatic N) is 2. The summed E-state index contributed by atoms with van der Waals surface area (Å²) in [6, 6.07) is 5.68. The molecule has 0 bridgehead atoms. The number of carbonyl (C=O) groups excluding carboxylic acids is 2. The van der Waals surface area contributed by atoms with Gasteiger partial charge in [0, 0.05) is 0 Å². The highest BCUT2D eigenvalue weighted by Gasteiger charge is 2.48. The van der Waals surface area contributed by atoms with Crippen LogP contribution >= 0.6 is 23.1 Å². The molecular weight excluding hydrogens is 316 g/mol. The molecule has 22 heavy (non-hydrogen) atoms. The Kier molecular flexibility index (Phi) is 3.46. The van der Waals surface area contributed by atoms with Crippen LogP contribution in [0.3, 0.4) is 0 Å². The lowest BCUT2D eigenvalue weighted by molar-refractivity contribution is -0.122. The molecule has 2 amide bonds. The minimum atomic E-state index is -0.0971. The first-order chi connectivity index (χ1) is 10.7. The Hall–Kier alpha value is -1.40. The fraction of sp³-hybridized carbons (Fsp3) is 0.438. The minimum absolute atomic E-state index is 0.0105. The van der Waals surface area contributed by atoms with Crippen LogP contribution in [-0.2, 0) is 9.59 Å². The topological polar surface area (TPSA) is 50.3 Å². The second-order valence-corrected chi connectivity index (χ2v) is 7.93. The van der Waals surface area contributed by atoms with E-state index in [4.69, 9.17) is 0 Å². The van der Waals surface area contributed by atoms with E-state index in [0.29, 0.717) is 5.69 Å². The normalized spacial score (nSPS) is 25.0. The number of thioether (sulfide) groups is 1. The fourth-order valence-electron chi connectivity index (χ4n) is 3.54. The van der Waals surface area contributed by atoms with Gasteiger partial charge >= 0.3 is 0 Å². The number of carbonyl (C=O) groups is 2. The van der Waals surface area contributed by atoms with E-state index in [1.807, 2.05) is 24.5 Å². The molecule has 1 saturated carbocycles. The van der Waals surface area contributed by atoms with Crippen molar-refractivity contribution in [3.05, 3.63) is 18.2 Å². The molecule has 6 heteroatoms. The van der Waals surface area contributed by atoms with E-state index in [9.17, 15) is 9.59 Å². The van der Waals surface area contributed by atoms with Crippen LogP contribution in [0.1, 0.15) is 25.7 Å². The SMILES string of the molecule is CSc1nc2ccc(N3C(=O)[C@H]4CCCC[C@@H]4C3=O)cc2s1. The highest BCUT2D eigenvalue weighted by molar-refractivity contribution is 8.00. The number of hydrogen-bond acceptors (Lipinski definition) is 5. The zero-order valence-corrected chi connectivity index (χ0v) is 13.9. The van der Waals surface area contributed by atoms with Gasteiger partial charge < -0.3 is 0 Å². The quantitative estimate of drug-likeness (QED) is 0.621. The van der Waals surface area contributed by atoms with Gasteiger partial charge in [-0.3, -0.25) is 14.5 Å². The maximum Gasteiger partial charge on any atom is 0.237 e. The van der Waals surface area contributed by atoms with Gasteiger partial charge in [-0.2, -0.15) is 0 Å². The van der Waals surface area contributed by atoms with Gasteiger partial charge in [0.1, 0.15) is 0 Å². The summed E-state index contributed by atoms with van der Waals surface area (Å²) < 4.78 is 2.03. The van der Waals surface area contributed by atoms with E-state index in [2.05, 4.69) is 4.98 Å². The Balaban J connectivity index is 1.74. The summed E-state index contributed by atoms with van der Waals surface area (Å²) in [4.78, 5) is 31.2. The Morgan fingerprint density at radius 2 is 1.86 bits per heavy atom. The van der Waals surface area contributed by atoms with Gasteiger partial charge in [0.2, 0.25) is 11.8 Å². The second kappa shape index (κ2) is 5.35. The van der Waals surface area contributed by atoms with Crippen molar-refractivity contribution in [3.63, 3.8) is 0 Å². The molecule has 0 unspecified atom stereocenters. The predicted octanol–water partition coefficient (Wildman–Crippen LogP) is 3.70. The van der Waals surface area contributed by atoms with Gasteiger partial charge in [-0.25, -0.2) is 4.98 Å². The molecule has 114 valence electrons. The number of benzene rings is 1. The summed E-state index contributed by atoms with van der Waals surface area (Å²) in [5, 5.41) is 0. The van der Waals surface area contributed by atoms with Crippen LogP contribution in [0.25, 0.3) is 10.2 Å². The van der Waals surface area contributed by atoms with Gasteiger partial charge in [0.25, 0.3) is 0 Å². The molecule has 0 radical (unpaired) electrons. The third-order valence-electron chi connectivity index (χ3n) is 4.63. The number of imide groups is 1. The Labute approximate surface area is 136 Å². The van der Waals surface area contributed by atoms with Crippen molar-refractivity contribution in [2.24, 2.45) is 11.8 Å². The first-order valence-corrected chi connectivity index (χ1v) is 9.55. The zero-order valence-electron chi connectivity index (χ0n) is 12.2. The van der Waals surface area contributed by atoms with Crippen LogP contribution in [-0.4, -0.2) is 23.1 Å². The number of hydrogen-bond donors (Lipinski definition) is 0. The minimum Gasteiger partial charge on any atom is -0.274 e. The van der Waals surface area contributed by atoms with Crippen molar-refractivity contribution in [1.82, 2.24) is 4.98 Å². The van der Waals surface area contributed by atoms with Gasteiger partial charge in [-0.1, -0.05) is 24.6 Å². The number of thiazole rings is 1. The zero-order chi connectivity index (χ0) is 15.3. The highest BCUT2D eigenvalue weighted by atomic mass is 32.2. The van der Waals surface area contributed by atoms with Crippen LogP contribution in [0.5, 0.6) is 0 Å². The summed E-state index contributed by atoms with van der Waals surface area (Å²) >= 11 is 3.21. The molecule has 4 nitrogen and oxygen atoms in total. The van der Waals surface area contributed by atoms with Gasteiger partial charge in [0.05, 0.1) is 27.7 Å². The first-order valence-electron chi connectivity index (χ1n) is 7.51. The monoisotopic (exact) mass is 332 g/mol. The lowest BCUT2D eigenvalue weighted by atomic mass is 9.81. The molecule has 0 N–H and O–H groups in total. The van der Waals surface area contributed by atoms with Crippen LogP contribution in [0, 0.1) is 11.8 Å². The molecule has 1 aliphatic carbocycles. The van der Waals surface area contributed by atoms with Crippen LogP contribution in [0.4, 0.5) is 5.69 Å². The largest absolute Gasteiger partial charge is 0.274 e. The van der Waals surface area contributed by atoms with Gasteiger partial charge in [-0.15, -0.1) is 11.3 Å². The number of anilines is 1. The fourth-order valence-corrected chi connectivity index (χ4v) is 5.06. The van der Waals surface area contributed by atoms with Crippen molar-refractivity contribution >= 4 is 50.8 Å². The van der Waals surface area contributed by atoms with E-state index in [0.717, 1.165) is 40.2 Å². The molecule has 2 atom stereocenters. The first kappa shape index (κ1) is 14.2. The lowest BCUT2D eigenvalue weighted by Gasteiger charge is -2.19. The maximum absolute atomic E-state index is 12.6. The van der Waals surface area contributed by atoms with Crippen molar-refractivity contribution in [2.75, 3.05) is 11.2 Å². The van der Waals surface area contributed by atoms with Crippen LogP contribution in [0.15, 0.2) is 22.5 Å². The summed E-state index contributed by atoms with van der Waals surface area (Å²) in [5.41, 5.74) is 1.63. The number of amides is 2. The Bertz CT molecular complexity index is 747. The third-order valence-corrected chi connectivity index (χ3v) is 6.63. The van der Waals surface area contributed by atoms with E-state index in [-0.39, 0.29) is 23.7 Å². The molecular formula is C16H16N2O2S2. The van der Waals surface area contributed by atoms with E-state index in [1.165, 1.54) is 4.90 Å². The van der Waals surface area contributed by atoms with Crippen LogP contribution in [0.2, 0.25) is 0 Å². The van der Waals surface area contributed by atoms with Crippen molar-refractivity contribution in [1.29, 1.82) is 0 Å². The van der Waals surface area contributed by atoms with E-state index >= 15 is 0 Å². The van der Waals surface area contributed by atoms with Crippen molar-refractivity contribution < 1.29 is 9.59 Å². The molecule has 1 saturated heterocycles. The van der Waals surface area contributed by atoms with Crippen LogP contribution < -0.4 is 4.90 Å². The molecule has 1 aromatic heterocycles. The second-order valence-electron chi connectivity index (χ2n) is 5.85. The molecule has 4 rings (SSSR count). The maximum atomic E-state index is 12.6. The summed E-state index contributed by atoms with van der Waals surface area (Å²) in [7, 11) is 0. The Morgan fingerprint density at radius 3 is 2.50 bits per heavy atom. The Morgan fingerprint density at radius 1 is 1.18 bits per heavy atom. The molecule has 2 aliphatic rings. The van der Waals surface area contributed by atoms with Gasteiger partial charge in [-0.05, 0) is 37.3 Å². The summed E-state index contributed by atoms with van der Waals surface area (Å²) in [6.45, 7) is 0. The summed E-state index contributed by atoms with van der Waals surface area (Å²) in [6.07, 6.45) is 5.81. The molecule has 2 fully saturated rings. The number of fused-ring (bicyclic) bond motifs is 2. The van der Waals surface area contributed by atoms with Crippen molar-refractivity contribution in [2.45, 2.75) is 30.0 Å². The molecule has 1 aromatic carbocycles. The number of rotatable bonds is 2. The average molecular weight is 332 g/mol. The number of aromatic nitrogens is 1. The molecule has 0 spiro atoms. The smallest absolute Gasteiger partial charge is 0.237 e. The van der Waals surface area contributed by atoms with Crippen molar-refractivity contribution in [3.8, 4) is 0 Å². The summed E-state index contributed by atoms with van der Waals surface area (Å²) in [5.74, 6) is -0.215. The molecule has 1 aliphatic heterocycles. The lowest BCUT2D eigenvalue weighted by Crippen LogP contribution is -2.30. The van der Waals surface area contributed by atoms with Gasteiger partial charge in [0.15, 0.2) is 4.34 Å². The predicted molar refractivity (Wildman–Crippen MR) is 89.3 cm³/mol. The highest BCUT2D eigenvalue weighted by Crippen LogP contribution is 2.41. The average Bonchev–Trinajstić information content (AvgIpc) is 3.07. The van der Waals surface area contributed by atoms with E-state index < -0.39 is 0 Å². The van der Waals surface area contributed by atoms with E-state index in [1.54, 1.807) is 23.1 Å². The standard InChI is InChI=1S/C16H16N2O2S2/c1-21-16-17-12-7-6-9(8-13(12)22-16)18-14(19)10-4-2-3-5-11(10)15(18)20/h6-8,10-11H,2-5H2,1H3/t10-,11-/m0/s1. The third kappa shape index (κ3) is 2.08. The molecule has 2 aromatic rings.